The Balaban J connectivity index is 1.57. The molecular formula is C26H20Cl2N4O2S2. The van der Waals surface area contributed by atoms with Crippen LogP contribution in [0.15, 0.2) is 87.9 Å². The summed E-state index contributed by atoms with van der Waals surface area (Å²) in [7, 11) is 0. The van der Waals surface area contributed by atoms with Gasteiger partial charge in [-0.3, -0.25) is 9.59 Å². The number of thiophene rings is 1. The van der Waals surface area contributed by atoms with E-state index in [0.29, 0.717) is 43.3 Å². The number of hydrogen-bond donors (Lipinski definition) is 3. The highest BCUT2D eigenvalue weighted by molar-refractivity contribution is 8.03. The normalized spacial score (nSPS) is 15.2. The van der Waals surface area contributed by atoms with Gasteiger partial charge in [-0.25, -0.2) is 0 Å². The molecule has 2 aromatic carbocycles. The number of benzene rings is 2. The Morgan fingerprint density at radius 3 is 2.50 bits per heavy atom. The van der Waals surface area contributed by atoms with Crippen LogP contribution in [0.5, 0.6) is 0 Å². The van der Waals surface area contributed by atoms with Gasteiger partial charge in [-0.2, -0.15) is 5.26 Å². The number of allylic oxidation sites excluding steroid dienone is 2. The minimum Gasteiger partial charge on any atom is -0.353 e. The first-order chi connectivity index (χ1) is 17.4. The van der Waals surface area contributed by atoms with Crippen molar-refractivity contribution < 1.29 is 9.59 Å². The molecule has 182 valence electrons. The van der Waals surface area contributed by atoms with Gasteiger partial charge >= 0.3 is 0 Å². The van der Waals surface area contributed by atoms with Crippen molar-refractivity contribution in [3.8, 4) is 6.07 Å². The second-order valence-corrected chi connectivity index (χ2v) is 10.5. The Hall–Kier alpha value is -3.22. The SMILES string of the molecule is CC1=C(C(=O)Nc2ccccc2)[C@@H](c2cccs2)C(C#N)=C(SCC(=O)Nc2ccc(Cl)c(Cl)c2)N1. The first-order valence-corrected chi connectivity index (χ1v) is 13.4. The van der Waals surface area contributed by atoms with E-state index in [1.807, 2.05) is 35.7 Å². The van der Waals surface area contributed by atoms with Crippen LogP contribution in [-0.2, 0) is 9.59 Å². The van der Waals surface area contributed by atoms with Crippen LogP contribution in [0.1, 0.15) is 17.7 Å². The van der Waals surface area contributed by atoms with Gasteiger partial charge < -0.3 is 16.0 Å². The van der Waals surface area contributed by atoms with Gasteiger partial charge in [-0.1, -0.05) is 59.2 Å². The maximum Gasteiger partial charge on any atom is 0.254 e. The Morgan fingerprint density at radius 1 is 1.06 bits per heavy atom. The summed E-state index contributed by atoms with van der Waals surface area (Å²) in [6.07, 6.45) is 0. The first-order valence-electron chi connectivity index (χ1n) is 10.8. The lowest BCUT2D eigenvalue weighted by atomic mass is 9.86. The average Bonchev–Trinajstić information content (AvgIpc) is 3.40. The quantitative estimate of drug-likeness (QED) is 0.300. The number of para-hydroxylation sites is 1. The summed E-state index contributed by atoms with van der Waals surface area (Å²) in [6.45, 7) is 1.80. The van der Waals surface area contributed by atoms with Crippen molar-refractivity contribution in [3.63, 3.8) is 0 Å². The Morgan fingerprint density at radius 2 is 1.83 bits per heavy atom. The lowest BCUT2D eigenvalue weighted by molar-refractivity contribution is -0.114. The van der Waals surface area contributed by atoms with Crippen LogP contribution in [0.4, 0.5) is 11.4 Å². The number of nitriles is 1. The number of nitrogens with one attached hydrogen (secondary N) is 3. The Bertz CT molecular complexity index is 1400. The number of carbonyl (C=O) groups excluding carboxylic acids is 2. The third-order valence-corrected chi connectivity index (χ3v) is 8.00. The van der Waals surface area contributed by atoms with Crippen molar-refractivity contribution >= 4 is 69.5 Å². The maximum atomic E-state index is 13.3. The zero-order valence-corrected chi connectivity index (χ0v) is 22.1. The van der Waals surface area contributed by atoms with Crippen LogP contribution in [0.2, 0.25) is 10.0 Å². The average molecular weight is 556 g/mol. The second kappa shape index (κ2) is 11.7. The predicted octanol–water partition coefficient (Wildman–Crippen LogP) is 6.76. The fourth-order valence-corrected chi connectivity index (χ4v) is 5.73. The number of hydrogen-bond acceptors (Lipinski definition) is 6. The van der Waals surface area contributed by atoms with Gasteiger partial charge in [0.25, 0.3) is 5.91 Å². The highest BCUT2D eigenvalue weighted by Gasteiger charge is 2.35. The Kier molecular flexibility index (Phi) is 8.39. The van der Waals surface area contributed by atoms with E-state index in [2.05, 4.69) is 22.0 Å². The van der Waals surface area contributed by atoms with Gasteiger partial charge in [0.15, 0.2) is 0 Å². The molecule has 0 fully saturated rings. The molecule has 1 aromatic heterocycles. The number of rotatable bonds is 7. The van der Waals surface area contributed by atoms with Crippen molar-refractivity contribution in [1.82, 2.24) is 5.32 Å². The highest BCUT2D eigenvalue weighted by atomic mass is 35.5. The molecule has 4 rings (SSSR count). The molecule has 0 saturated carbocycles. The minimum absolute atomic E-state index is 0.0454. The van der Waals surface area contributed by atoms with Crippen molar-refractivity contribution in [2.75, 3.05) is 16.4 Å². The molecule has 0 saturated heterocycles. The zero-order chi connectivity index (χ0) is 25.7. The van der Waals surface area contributed by atoms with Crippen molar-refractivity contribution in [2.45, 2.75) is 12.8 Å². The summed E-state index contributed by atoms with van der Waals surface area (Å²) < 4.78 is 0. The van der Waals surface area contributed by atoms with E-state index in [4.69, 9.17) is 23.2 Å². The predicted molar refractivity (Wildman–Crippen MR) is 148 cm³/mol. The third-order valence-electron chi connectivity index (χ3n) is 5.30. The molecule has 0 radical (unpaired) electrons. The standard InChI is InChI=1S/C26H20Cl2N4O2S2/c1-15-23(25(34)32-16-6-3-2-4-7-16)24(21-8-5-11-35-21)18(13-29)26(30-15)36-14-22(33)31-17-9-10-19(27)20(28)12-17/h2-12,24,30H,14H2,1H3,(H,31,33)(H,32,34)/t24-/m1/s1. The van der Waals surface area contributed by atoms with Crippen LogP contribution >= 0.6 is 46.3 Å². The van der Waals surface area contributed by atoms with E-state index < -0.39 is 5.92 Å². The van der Waals surface area contributed by atoms with E-state index in [1.54, 1.807) is 37.3 Å². The molecule has 0 spiro atoms. The van der Waals surface area contributed by atoms with Crippen LogP contribution in [0.25, 0.3) is 0 Å². The van der Waals surface area contributed by atoms with Gasteiger partial charge in [0.2, 0.25) is 5.91 Å². The molecule has 0 aliphatic carbocycles. The first kappa shape index (κ1) is 25.9. The highest BCUT2D eigenvalue weighted by Crippen LogP contribution is 2.42. The van der Waals surface area contributed by atoms with Gasteiger partial charge in [0, 0.05) is 27.5 Å². The maximum absolute atomic E-state index is 13.3. The number of anilines is 2. The molecule has 0 unspecified atom stereocenters. The molecule has 1 atom stereocenters. The van der Waals surface area contributed by atoms with Gasteiger partial charge in [0.05, 0.1) is 38.4 Å². The molecule has 2 amide bonds. The van der Waals surface area contributed by atoms with E-state index in [9.17, 15) is 14.9 Å². The summed E-state index contributed by atoms with van der Waals surface area (Å²) >= 11 is 14.6. The van der Waals surface area contributed by atoms with E-state index in [0.717, 1.165) is 4.88 Å². The van der Waals surface area contributed by atoms with E-state index >= 15 is 0 Å². The van der Waals surface area contributed by atoms with Gasteiger partial charge in [-0.05, 0) is 48.7 Å². The fraction of sp³-hybridized carbons (Fsp3) is 0.115. The lowest BCUT2D eigenvalue weighted by Gasteiger charge is -2.29. The number of nitrogens with zero attached hydrogens (tertiary/aromatic N) is 1. The fourth-order valence-electron chi connectivity index (χ4n) is 3.70. The van der Waals surface area contributed by atoms with E-state index in [1.165, 1.54) is 23.1 Å². The number of halogens is 2. The zero-order valence-electron chi connectivity index (χ0n) is 19.0. The van der Waals surface area contributed by atoms with Gasteiger partial charge in [-0.15, -0.1) is 11.3 Å². The third kappa shape index (κ3) is 5.94. The smallest absolute Gasteiger partial charge is 0.254 e. The molecule has 0 bridgehead atoms. The number of dihydropyridines is 1. The van der Waals surface area contributed by atoms with E-state index in [-0.39, 0.29) is 17.6 Å². The molecular weight excluding hydrogens is 535 g/mol. The molecule has 3 aromatic rings. The number of carbonyl (C=O) groups is 2. The van der Waals surface area contributed by atoms with Crippen molar-refractivity contribution in [3.05, 3.63) is 103 Å². The molecule has 1 aliphatic rings. The topological polar surface area (TPSA) is 94.0 Å². The lowest BCUT2D eigenvalue weighted by Crippen LogP contribution is -2.30. The van der Waals surface area contributed by atoms with Crippen LogP contribution in [-0.4, -0.2) is 17.6 Å². The molecule has 6 nitrogen and oxygen atoms in total. The molecule has 36 heavy (non-hydrogen) atoms. The van der Waals surface area contributed by atoms with Crippen LogP contribution in [0, 0.1) is 11.3 Å². The monoisotopic (exact) mass is 554 g/mol. The molecule has 10 heteroatoms. The summed E-state index contributed by atoms with van der Waals surface area (Å²) in [5.41, 5.74) is 2.65. The molecule has 2 heterocycles. The number of amides is 2. The van der Waals surface area contributed by atoms with Crippen molar-refractivity contribution in [1.29, 1.82) is 5.26 Å². The van der Waals surface area contributed by atoms with Crippen LogP contribution < -0.4 is 16.0 Å². The number of thioether (sulfide) groups is 1. The summed E-state index contributed by atoms with van der Waals surface area (Å²) in [6, 6.07) is 20.1. The molecule has 3 N–H and O–H groups in total. The molecule has 1 aliphatic heterocycles. The summed E-state index contributed by atoms with van der Waals surface area (Å²) in [5, 5.41) is 22.2. The van der Waals surface area contributed by atoms with Crippen molar-refractivity contribution in [2.24, 2.45) is 0 Å². The Labute approximate surface area is 227 Å². The largest absolute Gasteiger partial charge is 0.353 e. The summed E-state index contributed by atoms with van der Waals surface area (Å²) in [5.74, 6) is -1.07. The van der Waals surface area contributed by atoms with Gasteiger partial charge in [0.1, 0.15) is 0 Å². The second-order valence-electron chi connectivity index (χ2n) is 7.75. The minimum atomic E-state index is -0.555. The summed E-state index contributed by atoms with van der Waals surface area (Å²) in [4.78, 5) is 26.8. The van der Waals surface area contributed by atoms with Crippen LogP contribution in [0.3, 0.4) is 0 Å².